The van der Waals surface area contributed by atoms with Crippen molar-refractivity contribution >= 4 is 5.82 Å². The van der Waals surface area contributed by atoms with Gasteiger partial charge >= 0.3 is 0 Å². The van der Waals surface area contributed by atoms with Crippen molar-refractivity contribution in [3.8, 4) is 11.9 Å². The first-order valence-corrected chi connectivity index (χ1v) is 4.09. The second-order valence-electron chi connectivity index (χ2n) is 2.77. The lowest BCUT2D eigenvalue weighted by Gasteiger charge is -2.08. The SMILES string of the molecule is CCC(C)Oc1n[nH]c(N)c1C#N. The van der Waals surface area contributed by atoms with Gasteiger partial charge in [-0.2, -0.15) is 5.26 Å². The van der Waals surface area contributed by atoms with Gasteiger partial charge in [0.25, 0.3) is 5.88 Å². The molecule has 0 saturated heterocycles. The molecule has 1 rings (SSSR count). The van der Waals surface area contributed by atoms with E-state index in [0.717, 1.165) is 6.42 Å². The summed E-state index contributed by atoms with van der Waals surface area (Å²) in [4.78, 5) is 0. The number of nitrogens with zero attached hydrogens (tertiary/aromatic N) is 2. The number of rotatable bonds is 3. The molecule has 0 aliphatic heterocycles. The molecule has 0 aliphatic carbocycles. The van der Waals surface area contributed by atoms with Gasteiger partial charge in [-0.3, -0.25) is 5.10 Å². The predicted molar refractivity (Wildman–Crippen MR) is 48.1 cm³/mol. The zero-order chi connectivity index (χ0) is 9.84. The number of aromatic nitrogens is 2. The van der Waals surface area contributed by atoms with Crippen molar-refractivity contribution < 1.29 is 4.74 Å². The monoisotopic (exact) mass is 180 g/mol. The van der Waals surface area contributed by atoms with Crippen LogP contribution in [0.3, 0.4) is 0 Å². The van der Waals surface area contributed by atoms with Crippen LogP contribution in [0, 0.1) is 11.3 Å². The summed E-state index contributed by atoms with van der Waals surface area (Å²) in [5.74, 6) is 0.537. The minimum atomic E-state index is 0.0369. The van der Waals surface area contributed by atoms with Crippen LogP contribution in [-0.2, 0) is 0 Å². The van der Waals surface area contributed by atoms with E-state index < -0.39 is 0 Å². The summed E-state index contributed by atoms with van der Waals surface area (Å²) in [6.07, 6.45) is 0.896. The highest BCUT2D eigenvalue weighted by atomic mass is 16.5. The average molecular weight is 180 g/mol. The zero-order valence-electron chi connectivity index (χ0n) is 7.66. The summed E-state index contributed by atoms with van der Waals surface area (Å²) < 4.78 is 5.36. The van der Waals surface area contributed by atoms with E-state index in [1.54, 1.807) is 0 Å². The number of hydrogen-bond acceptors (Lipinski definition) is 4. The first kappa shape index (κ1) is 9.39. The van der Waals surface area contributed by atoms with E-state index in [2.05, 4.69) is 10.2 Å². The largest absolute Gasteiger partial charge is 0.473 e. The number of anilines is 1. The minimum absolute atomic E-state index is 0.0369. The van der Waals surface area contributed by atoms with Crippen LogP contribution in [-0.4, -0.2) is 16.3 Å². The van der Waals surface area contributed by atoms with Gasteiger partial charge in [-0.15, -0.1) is 5.10 Å². The highest BCUT2D eigenvalue weighted by Crippen LogP contribution is 2.20. The maximum atomic E-state index is 8.70. The topological polar surface area (TPSA) is 87.7 Å². The van der Waals surface area contributed by atoms with Gasteiger partial charge < -0.3 is 10.5 Å². The van der Waals surface area contributed by atoms with E-state index >= 15 is 0 Å². The highest BCUT2D eigenvalue weighted by Gasteiger charge is 2.13. The Balaban J connectivity index is 2.84. The van der Waals surface area contributed by atoms with E-state index in [1.807, 2.05) is 19.9 Å². The van der Waals surface area contributed by atoms with Crippen LogP contribution in [0.5, 0.6) is 5.88 Å². The standard InChI is InChI=1S/C8H12N4O/c1-3-5(2)13-8-6(4-9)7(10)11-12-8/h5H,3H2,1-2H3,(H3,10,11,12). The molecule has 0 radical (unpaired) electrons. The van der Waals surface area contributed by atoms with Crippen LogP contribution in [0.25, 0.3) is 0 Å². The number of H-pyrrole nitrogens is 1. The van der Waals surface area contributed by atoms with E-state index in [1.165, 1.54) is 0 Å². The van der Waals surface area contributed by atoms with Crippen LogP contribution < -0.4 is 10.5 Å². The molecule has 1 aromatic rings. The molecular weight excluding hydrogens is 168 g/mol. The van der Waals surface area contributed by atoms with E-state index in [-0.39, 0.29) is 23.4 Å². The Morgan fingerprint density at radius 1 is 1.77 bits per heavy atom. The smallest absolute Gasteiger partial charge is 0.253 e. The number of aromatic amines is 1. The van der Waals surface area contributed by atoms with E-state index in [4.69, 9.17) is 15.7 Å². The fourth-order valence-corrected chi connectivity index (χ4v) is 0.805. The lowest BCUT2D eigenvalue weighted by molar-refractivity contribution is 0.208. The zero-order valence-corrected chi connectivity index (χ0v) is 7.66. The summed E-state index contributed by atoms with van der Waals surface area (Å²) in [5.41, 5.74) is 5.73. The second kappa shape index (κ2) is 3.81. The van der Waals surface area contributed by atoms with Crippen LogP contribution in [0.4, 0.5) is 5.82 Å². The molecule has 5 nitrogen and oxygen atoms in total. The van der Waals surface area contributed by atoms with Gasteiger partial charge in [-0.05, 0) is 13.3 Å². The molecule has 0 aliphatic rings. The van der Waals surface area contributed by atoms with Crippen LogP contribution >= 0.6 is 0 Å². The molecule has 70 valence electrons. The third-order valence-corrected chi connectivity index (χ3v) is 1.76. The van der Waals surface area contributed by atoms with Gasteiger partial charge in [0.2, 0.25) is 0 Å². The highest BCUT2D eigenvalue weighted by molar-refractivity contribution is 5.53. The first-order chi connectivity index (χ1) is 6.19. The van der Waals surface area contributed by atoms with Crippen molar-refractivity contribution in [3.63, 3.8) is 0 Å². The summed E-state index contributed by atoms with van der Waals surface area (Å²) >= 11 is 0. The van der Waals surface area contributed by atoms with Crippen molar-refractivity contribution in [2.75, 3.05) is 5.73 Å². The fraction of sp³-hybridized carbons (Fsp3) is 0.500. The number of nitriles is 1. The molecule has 0 fully saturated rings. The molecular formula is C8H12N4O. The fourth-order valence-electron chi connectivity index (χ4n) is 0.805. The Morgan fingerprint density at radius 3 is 3.00 bits per heavy atom. The van der Waals surface area contributed by atoms with E-state index in [0.29, 0.717) is 0 Å². The number of ether oxygens (including phenoxy) is 1. The molecule has 0 spiro atoms. The van der Waals surface area contributed by atoms with Crippen LogP contribution in [0.15, 0.2) is 0 Å². The molecule has 5 heteroatoms. The minimum Gasteiger partial charge on any atom is -0.473 e. The Hall–Kier alpha value is -1.70. The lowest BCUT2D eigenvalue weighted by atomic mass is 10.3. The molecule has 3 N–H and O–H groups in total. The number of hydrogen-bond donors (Lipinski definition) is 2. The quantitative estimate of drug-likeness (QED) is 0.727. The average Bonchev–Trinajstić information content (AvgIpc) is 2.46. The van der Waals surface area contributed by atoms with Gasteiger partial charge in [-0.1, -0.05) is 6.92 Å². The lowest BCUT2D eigenvalue weighted by Crippen LogP contribution is -2.10. The van der Waals surface area contributed by atoms with Crippen molar-refractivity contribution in [2.45, 2.75) is 26.4 Å². The normalized spacial score (nSPS) is 12.1. The summed E-state index contributed by atoms with van der Waals surface area (Å²) in [5, 5.41) is 15.0. The third kappa shape index (κ3) is 1.90. The Kier molecular flexibility index (Phi) is 2.75. The van der Waals surface area contributed by atoms with Crippen molar-refractivity contribution in [3.05, 3.63) is 5.56 Å². The molecule has 1 heterocycles. The first-order valence-electron chi connectivity index (χ1n) is 4.09. The van der Waals surface area contributed by atoms with Gasteiger partial charge in [0.15, 0.2) is 5.56 Å². The maximum absolute atomic E-state index is 8.70. The summed E-state index contributed by atoms with van der Waals surface area (Å²) in [7, 11) is 0. The van der Waals surface area contributed by atoms with Gasteiger partial charge in [0.1, 0.15) is 11.9 Å². The van der Waals surface area contributed by atoms with Crippen LogP contribution in [0.2, 0.25) is 0 Å². The Labute approximate surface area is 76.5 Å². The van der Waals surface area contributed by atoms with Crippen molar-refractivity contribution in [2.24, 2.45) is 0 Å². The summed E-state index contributed by atoms with van der Waals surface area (Å²) in [6.45, 7) is 3.90. The predicted octanol–water partition coefficient (Wildman–Crippen LogP) is 1.04. The second-order valence-corrected chi connectivity index (χ2v) is 2.77. The number of nitrogens with two attached hydrogens (primary N) is 1. The Morgan fingerprint density at radius 2 is 2.46 bits per heavy atom. The molecule has 1 aromatic heterocycles. The van der Waals surface area contributed by atoms with E-state index in [9.17, 15) is 0 Å². The molecule has 0 amide bonds. The molecule has 0 aromatic carbocycles. The van der Waals surface area contributed by atoms with Crippen molar-refractivity contribution in [1.82, 2.24) is 10.2 Å². The molecule has 0 bridgehead atoms. The van der Waals surface area contributed by atoms with Gasteiger partial charge in [0.05, 0.1) is 6.10 Å². The van der Waals surface area contributed by atoms with Crippen molar-refractivity contribution in [1.29, 1.82) is 5.26 Å². The number of nitrogens with one attached hydrogen (secondary N) is 1. The Bertz CT molecular complexity index is 325. The molecule has 13 heavy (non-hydrogen) atoms. The number of nitrogen functional groups attached to an aromatic ring is 1. The van der Waals surface area contributed by atoms with Gasteiger partial charge in [0, 0.05) is 0 Å². The summed E-state index contributed by atoms with van der Waals surface area (Å²) in [6, 6.07) is 1.93. The third-order valence-electron chi connectivity index (χ3n) is 1.76. The maximum Gasteiger partial charge on any atom is 0.253 e. The molecule has 1 unspecified atom stereocenters. The van der Waals surface area contributed by atoms with Crippen LogP contribution in [0.1, 0.15) is 25.8 Å². The molecule has 0 saturated carbocycles. The van der Waals surface area contributed by atoms with Gasteiger partial charge in [-0.25, -0.2) is 0 Å². The molecule has 1 atom stereocenters.